The van der Waals surface area contributed by atoms with E-state index in [9.17, 15) is 23.1 Å². The Labute approximate surface area is 128 Å². The molecule has 5 nitrogen and oxygen atoms in total. The smallest absolute Gasteiger partial charge is 0.408 e. The summed E-state index contributed by atoms with van der Waals surface area (Å²) in [5, 5.41) is 12.7. The van der Waals surface area contributed by atoms with E-state index in [0.717, 1.165) is 0 Å². The summed E-state index contributed by atoms with van der Waals surface area (Å²) in [4.78, 5) is 13.2. The van der Waals surface area contributed by atoms with Gasteiger partial charge in [0.1, 0.15) is 11.8 Å². The van der Waals surface area contributed by atoms with E-state index < -0.39 is 36.1 Å². The van der Waals surface area contributed by atoms with Crippen LogP contribution in [0.1, 0.15) is 40.5 Å². The minimum atomic E-state index is -4.18. The van der Waals surface area contributed by atoms with Gasteiger partial charge in [0.05, 0.1) is 12.0 Å². The van der Waals surface area contributed by atoms with E-state index in [0.29, 0.717) is 0 Å². The first-order valence-corrected chi connectivity index (χ1v) is 7.38. The fraction of sp³-hybridized carbons (Fsp3) is 0.929. The fourth-order valence-corrected chi connectivity index (χ4v) is 2.38. The number of piperidine rings is 1. The first-order chi connectivity index (χ1) is 9.90. The van der Waals surface area contributed by atoms with Crippen molar-refractivity contribution in [2.45, 2.75) is 64.6 Å². The predicted molar refractivity (Wildman–Crippen MR) is 75.2 cm³/mol. The lowest BCUT2D eigenvalue weighted by Crippen LogP contribution is -2.53. The summed E-state index contributed by atoms with van der Waals surface area (Å²) in [5.74, 6) is -1.31. The van der Waals surface area contributed by atoms with E-state index >= 15 is 0 Å². The van der Waals surface area contributed by atoms with Gasteiger partial charge in [-0.2, -0.15) is 13.2 Å². The lowest BCUT2D eigenvalue weighted by atomic mass is 9.96. The quantitative estimate of drug-likeness (QED) is 0.836. The number of rotatable bonds is 3. The van der Waals surface area contributed by atoms with Crippen LogP contribution in [-0.2, 0) is 4.74 Å². The third-order valence-electron chi connectivity index (χ3n) is 3.56. The van der Waals surface area contributed by atoms with Crippen LogP contribution < -0.4 is 5.32 Å². The Balaban J connectivity index is 2.45. The largest absolute Gasteiger partial charge is 0.444 e. The zero-order chi connectivity index (χ0) is 17.1. The number of nitrogens with zero attached hydrogens (tertiary/aromatic N) is 1. The molecule has 1 amide bonds. The number of alkyl carbamates (subject to hydrolysis) is 1. The summed E-state index contributed by atoms with van der Waals surface area (Å²) < 4.78 is 42.9. The number of likely N-dealkylation sites (tertiary alicyclic amines) is 1. The normalized spacial score (nSPS) is 21.3. The molecule has 0 aliphatic carbocycles. The molecule has 1 fully saturated rings. The molecule has 1 aliphatic rings. The highest BCUT2D eigenvalue weighted by molar-refractivity contribution is 5.68. The third kappa shape index (κ3) is 6.00. The number of nitrogens with one attached hydrogen (secondary N) is 1. The van der Waals surface area contributed by atoms with Crippen LogP contribution in [0, 0.1) is 5.92 Å². The molecule has 8 heteroatoms. The second-order valence-corrected chi connectivity index (χ2v) is 6.70. The van der Waals surface area contributed by atoms with Crippen LogP contribution in [0.2, 0.25) is 0 Å². The van der Waals surface area contributed by atoms with Crippen LogP contribution in [0.3, 0.4) is 0 Å². The average Bonchev–Trinajstić information content (AvgIpc) is 2.34. The van der Waals surface area contributed by atoms with Gasteiger partial charge in [0.25, 0.3) is 0 Å². The van der Waals surface area contributed by atoms with Gasteiger partial charge >= 0.3 is 12.3 Å². The monoisotopic (exact) mass is 326 g/mol. The number of alkyl halides is 3. The van der Waals surface area contributed by atoms with Crippen LogP contribution in [0.5, 0.6) is 0 Å². The fourth-order valence-electron chi connectivity index (χ4n) is 2.38. The first kappa shape index (κ1) is 19.0. The molecule has 0 aromatic rings. The van der Waals surface area contributed by atoms with Crippen molar-refractivity contribution in [2.24, 2.45) is 5.92 Å². The molecule has 2 atom stereocenters. The number of aliphatic hydroxyl groups excluding tert-OH is 1. The van der Waals surface area contributed by atoms with Crippen LogP contribution in [0.25, 0.3) is 0 Å². The summed E-state index contributed by atoms with van der Waals surface area (Å²) >= 11 is 0. The highest BCUT2D eigenvalue weighted by atomic mass is 19.4. The number of carbonyl (C=O) groups is 1. The van der Waals surface area contributed by atoms with Gasteiger partial charge in [-0.05, 0) is 40.5 Å². The van der Waals surface area contributed by atoms with E-state index in [1.54, 1.807) is 32.6 Å². The molecule has 22 heavy (non-hydrogen) atoms. The summed E-state index contributed by atoms with van der Waals surface area (Å²) in [7, 11) is 0. The molecule has 1 heterocycles. The number of amides is 1. The zero-order valence-corrected chi connectivity index (χ0v) is 13.4. The average molecular weight is 326 g/mol. The van der Waals surface area contributed by atoms with E-state index in [-0.39, 0.29) is 25.9 Å². The standard InChI is InChI=1S/C14H25F3N2O3/c1-9(18-12(21)22-13(2,3)4)11(20)19-7-5-10(6-8-19)14(15,16)17/h9-11,20H,5-8H2,1-4H3,(H,18,21). The number of halogens is 3. The lowest BCUT2D eigenvalue weighted by Gasteiger charge is -2.38. The number of aliphatic hydroxyl groups is 1. The van der Waals surface area contributed by atoms with E-state index in [4.69, 9.17) is 4.74 Å². The van der Waals surface area contributed by atoms with Gasteiger partial charge in [-0.25, -0.2) is 4.79 Å². The maximum absolute atomic E-state index is 12.6. The molecule has 0 spiro atoms. The Hall–Kier alpha value is -1.02. The van der Waals surface area contributed by atoms with Gasteiger partial charge < -0.3 is 15.2 Å². The van der Waals surface area contributed by atoms with Crippen molar-refractivity contribution in [1.82, 2.24) is 10.2 Å². The van der Waals surface area contributed by atoms with Gasteiger partial charge in [-0.1, -0.05) is 0 Å². The van der Waals surface area contributed by atoms with Gasteiger partial charge in [0, 0.05) is 13.1 Å². The number of hydrogen-bond acceptors (Lipinski definition) is 4. The van der Waals surface area contributed by atoms with Crippen LogP contribution in [0.4, 0.5) is 18.0 Å². The second kappa shape index (κ2) is 7.04. The van der Waals surface area contributed by atoms with Crippen molar-refractivity contribution in [3.05, 3.63) is 0 Å². The summed E-state index contributed by atoms with van der Waals surface area (Å²) in [6.45, 7) is 7.03. The van der Waals surface area contributed by atoms with Crippen molar-refractivity contribution >= 4 is 6.09 Å². The second-order valence-electron chi connectivity index (χ2n) is 6.70. The van der Waals surface area contributed by atoms with Crippen LogP contribution in [0.15, 0.2) is 0 Å². The highest BCUT2D eigenvalue weighted by Gasteiger charge is 2.42. The van der Waals surface area contributed by atoms with Crippen molar-refractivity contribution in [3.8, 4) is 0 Å². The molecule has 1 rings (SSSR count). The Kier molecular flexibility index (Phi) is 6.09. The Morgan fingerprint density at radius 3 is 2.18 bits per heavy atom. The van der Waals surface area contributed by atoms with Crippen LogP contribution >= 0.6 is 0 Å². The number of hydrogen-bond donors (Lipinski definition) is 2. The highest BCUT2D eigenvalue weighted by Crippen LogP contribution is 2.34. The van der Waals surface area contributed by atoms with E-state index in [2.05, 4.69) is 5.32 Å². The Morgan fingerprint density at radius 2 is 1.77 bits per heavy atom. The van der Waals surface area contributed by atoms with Gasteiger partial charge in [0.2, 0.25) is 0 Å². The molecule has 0 radical (unpaired) electrons. The molecule has 0 aromatic carbocycles. The molecule has 0 aromatic heterocycles. The van der Waals surface area contributed by atoms with Gasteiger partial charge in [0.15, 0.2) is 0 Å². The summed E-state index contributed by atoms with van der Waals surface area (Å²) in [6, 6.07) is -0.641. The SMILES string of the molecule is CC(NC(=O)OC(C)(C)C)C(O)N1CCC(C(F)(F)F)CC1. The van der Waals surface area contributed by atoms with Crippen molar-refractivity contribution in [1.29, 1.82) is 0 Å². The lowest BCUT2D eigenvalue weighted by molar-refractivity contribution is -0.190. The first-order valence-electron chi connectivity index (χ1n) is 7.38. The molecule has 2 N–H and O–H groups in total. The predicted octanol–water partition coefficient (Wildman–Crippen LogP) is 2.49. The zero-order valence-electron chi connectivity index (χ0n) is 13.4. The van der Waals surface area contributed by atoms with Crippen molar-refractivity contribution in [2.75, 3.05) is 13.1 Å². The molecule has 1 saturated heterocycles. The molecule has 2 unspecified atom stereocenters. The van der Waals surface area contributed by atoms with Gasteiger partial charge in [-0.15, -0.1) is 0 Å². The molecule has 130 valence electrons. The maximum Gasteiger partial charge on any atom is 0.408 e. The minimum Gasteiger partial charge on any atom is -0.444 e. The summed E-state index contributed by atoms with van der Waals surface area (Å²) in [5.41, 5.74) is -0.653. The maximum atomic E-state index is 12.6. The van der Waals surface area contributed by atoms with Crippen molar-refractivity contribution in [3.63, 3.8) is 0 Å². The number of carbonyl (C=O) groups excluding carboxylic acids is 1. The van der Waals surface area contributed by atoms with Crippen molar-refractivity contribution < 1.29 is 27.8 Å². The molecular formula is C14H25F3N2O3. The van der Waals surface area contributed by atoms with E-state index in [1.165, 1.54) is 0 Å². The molecular weight excluding hydrogens is 301 g/mol. The third-order valence-corrected chi connectivity index (χ3v) is 3.56. The summed E-state index contributed by atoms with van der Waals surface area (Å²) in [6.07, 6.45) is -5.97. The van der Waals surface area contributed by atoms with Crippen LogP contribution in [-0.4, -0.2) is 53.2 Å². The Morgan fingerprint density at radius 1 is 1.27 bits per heavy atom. The van der Waals surface area contributed by atoms with E-state index in [1.807, 2.05) is 0 Å². The van der Waals surface area contributed by atoms with Gasteiger partial charge in [-0.3, -0.25) is 4.90 Å². The molecule has 0 bridgehead atoms. The number of ether oxygens (including phenoxy) is 1. The molecule has 0 saturated carbocycles. The Bertz CT molecular complexity index is 375. The topological polar surface area (TPSA) is 61.8 Å². The molecule has 1 aliphatic heterocycles. The minimum absolute atomic E-state index is 0.0419.